The van der Waals surface area contributed by atoms with Crippen molar-refractivity contribution >= 4 is 27.6 Å². The van der Waals surface area contributed by atoms with Crippen molar-refractivity contribution in [3.05, 3.63) is 54.2 Å². The second-order valence-electron chi connectivity index (χ2n) is 10.0. The van der Waals surface area contributed by atoms with Gasteiger partial charge >= 0.3 is 0 Å². The number of nitrogens with two attached hydrogens (primary N) is 1. The third-order valence-corrected chi connectivity index (χ3v) is 7.48. The topological polar surface area (TPSA) is 140 Å². The van der Waals surface area contributed by atoms with Crippen molar-refractivity contribution in [2.24, 2.45) is 0 Å². The Kier molecular flexibility index (Phi) is 7.09. The molecule has 1 amide bonds. The molecule has 0 bridgehead atoms. The van der Waals surface area contributed by atoms with Gasteiger partial charge < -0.3 is 15.4 Å². The van der Waals surface area contributed by atoms with Gasteiger partial charge in [-0.2, -0.15) is 8.42 Å². The molecule has 1 fully saturated rings. The van der Waals surface area contributed by atoms with Crippen LogP contribution in [0.25, 0.3) is 11.3 Å². The fourth-order valence-corrected chi connectivity index (χ4v) is 5.47. The molecule has 1 atom stereocenters. The maximum Gasteiger partial charge on any atom is 0.281 e. The molecule has 1 aliphatic heterocycles. The van der Waals surface area contributed by atoms with Crippen molar-refractivity contribution in [1.29, 1.82) is 0 Å². The minimum atomic E-state index is -4.25. The van der Waals surface area contributed by atoms with E-state index in [4.69, 9.17) is 15.5 Å². The van der Waals surface area contributed by atoms with Crippen molar-refractivity contribution in [1.82, 2.24) is 19.7 Å². The molecular weight excluding hydrogens is 492 g/mol. The smallest absolute Gasteiger partial charge is 0.281 e. The largest absolute Gasteiger partial charge is 0.475 e. The highest BCUT2D eigenvalue weighted by Crippen LogP contribution is 2.39. The van der Waals surface area contributed by atoms with Crippen LogP contribution in [0.3, 0.4) is 0 Å². The molecule has 3 N–H and O–H groups in total. The predicted octanol–water partition coefficient (Wildman–Crippen LogP) is 3.79. The zero-order chi connectivity index (χ0) is 27.0. The van der Waals surface area contributed by atoms with E-state index in [-0.39, 0.29) is 34.1 Å². The molecule has 0 saturated carbocycles. The first-order valence-electron chi connectivity index (χ1n) is 12.1. The molecule has 4 heterocycles. The zero-order valence-electron chi connectivity index (χ0n) is 21.6. The number of sulfonamides is 1. The van der Waals surface area contributed by atoms with Crippen LogP contribution in [0, 0.1) is 0 Å². The number of carbonyl (C=O) groups is 1. The summed E-state index contributed by atoms with van der Waals surface area (Å²) < 4.78 is 33.5. The van der Waals surface area contributed by atoms with Gasteiger partial charge in [0.05, 0.1) is 17.4 Å². The lowest BCUT2D eigenvalue weighted by molar-refractivity contribution is 0.0981. The van der Waals surface area contributed by atoms with Crippen LogP contribution in [-0.4, -0.2) is 47.0 Å². The molecule has 10 nitrogen and oxygen atoms in total. The van der Waals surface area contributed by atoms with Crippen LogP contribution in [0.1, 0.15) is 57.8 Å². The van der Waals surface area contributed by atoms with E-state index < -0.39 is 15.9 Å². The molecular formula is C26H32N6O4S. The van der Waals surface area contributed by atoms with Crippen LogP contribution >= 0.6 is 0 Å². The number of nitrogens with zero attached hydrogens (tertiary/aromatic N) is 4. The van der Waals surface area contributed by atoms with E-state index in [9.17, 15) is 13.2 Å². The van der Waals surface area contributed by atoms with E-state index in [2.05, 4.69) is 40.4 Å². The maximum atomic E-state index is 13.4. The lowest BCUT2D eigenvalue weighted by Crippen LogP contribution is -2.44. The third-order valence-electron chi connectivity index (χ3n) is 6.25. The van der Waals surface area contributed by atoms with Crippen LogP contribution < -0.4 is 20.1 Å². The first kappa shape index (κ1) is 26.3. The molecule has 196 valence electrons. The number of hydrogen-bond donors (Lipinski definition) is 2. The second kappa shape index (κ2) is 9.97. The summed E-state index contributed by atoms with van der Waals surface area (Å²) in [6, 6.07) is 11.2. The molecule has 4 rings (SSSR count). The van der Waals surface area contributed by atoms with E-state index in [0.29, 0.717) is 17.4 Å². The highest BCUT2D eigenvalue weighted by atomic mass is 32.2. The van der Waals surface area contributed by atoms with Crippen LogP contribution in [0.2, 0.25) is 0 Å². The standard InChI is InChI=1S/C26H32N6O4S/c1-16(2)36-22-12-9-18(15-28-22)20-11-10-19(24(29-20)32-17(3)13-14-26(32,4)5)25(33)31-37(34,35)23-8-6-7-21(27)30-23/h6-12,15-17H,13-14H2,1-5H3,(H2,27,30)(H,31,33). The Morgan fingerprint density at radius 3 is 2.51 bits per heavy atom. The fourth-order valence-electron chi connectivity index (χ4n) is 4.53. The summed E-state index contributed by atoms with van der Waals surface area (Å²) in [6.45, 7) is 10.1. The Bertz CT molecular complexity index is 1410. The molecule has 3 aromatic heterocycles. The summed E-state index contributed by atoms with van der Waals surface area (Å²) in [5.41, 5.74) is 6.83. The molecule has 0 aliphatic carbocycles. The molecule has 1 aliphatic rings. The molecule has 0 spiro atoms. The number of pyridine rings is 3. The van der Waals surface area contributed by atoms with Gasteiger partial charge in [0.15, 0.2) is 5.03 Å². The molecule has 1 saturated heterocycles. The highest BCUT2D eigenvalue weighted by molar-refractivity contribution is 7.90. The quantitative estimate of drug-likeness (QED) is 0.472. The molecule has 0 radical (unpaired) electrons. The van der Waals surface area contributed by atoms with Crippen molar-refractivity contribution in [3.63, 3.8) is 0 Å². The molecule has 37 heavy (non-hydrogen) atoms. The maximum absolute atomic E-state index is 13.4. The van der Waals surface area contributed by atoms with Crippen LogP contribution in [0.15, 0.2) is 53.7 Å². The monoisotopic (exact) mass is 524 g/mol. The summed E-state index contributed by atoms with van der Waals surface area (Å²) in [5.74, 6) is 0.146. The number of amides is 1. The fraction of sp³-hybridized carbons (Fsp3) is 0.385. The minimum absolute atomic E-state index is 0.00133. The Morgan fingerprint density at radius 1 is 1.16 bits per heavy atom. The number of rotatable bonds is 7. The predicted molar refractivity (Wildman–Crippen MR) is 142 cm³/mol. The number of ether oxygens (including phenoxy) is 1. The molecule has 11 heteroatoms. The Hall–Kier alpha value is -3.73. The molecule has 0 aromatic carbocycles. The lowest BCUT2D eigenvalue weighted by Gasteiger charge is -2.37. The average Bonchev–Trinajstić information content (AvgIpc) is 3.10. The number of anilines is 2. The Labute approximate surface area is 217 Å². The Morgan fingerprint density at radius 2 is 1.92 bits per heavy atom. The summed E-state index contributed by atoms with van der Waals surface area (Å²) in [4.78, 5) is 28.5. The van der Waals surface area contributed by atoms with Crippen LogP contribution in [0.5, 0.6) is 5.88 Å². The van der Waals surface area contributed by atoms with Crippen molar-refractivity contribution in [2.75, 3.05) is 10.6 Å². The third kappa shape index (κ3) is 5.66. The van der Waals surface area contributed by atoms with Gasteiger partial charge in [-0.1, -0.05) is 6.07 Å². The van der Waals surface area contributed by atoms with Gasteiger partial charge in [-0.05, 0) is 77.8 Å². The summed E-state index contributed by atoms with van der Waals surface area (Å²) >= 11 is 0. The van der Waals surface area contributed by atoms with Gasteiger partial charge in [-0.25, -0.2) is 19.7 Å². The first-order valence-corrected chi connectivity index (χ1v) is 13.6. The number of aromatic nitrogens is 3. The lowest BCUT2D eigenvalue weighted by atomic mass is 10.0. The zero-order valence-corrected chi connectivity index (χ0v) is 22.4. The SMILES string of the molecule is CC(C)Oc1ccc(-c2ccc(C(=O)NS(=O)(=O)c3cccc(N)n3)c(N3C(C)CCC3(C)C)n2)cn1. The molecule has 1 unspecified atom stereocenters. The van der Waals surface area contributed by atoms with Gasteiger partial charge in [-0.15, -0.1) is 0 Å². The van der Waals surface area contributed by atoms with Gasteiger partial charge in [0.25, 0.3) is 15.9 Å². The van der Waals surface area contributed by atoms with E-state index >= 15 is 0 Å². The van der Waals surface area contributed by atoms with Crippen LogP contribution in [-0.2, 0) is 10.0 Å². The summed E-state index contributed by atoms with van der Waals surface area (Å²) in [7, 11) is -4.25. The van der Waals surface area contributed by atoms with Crippen LogP contribution in [0.4, 0.5) is 11.6 Å². The van der Waals surface area contributed by atoms with E-state index in [0.717, 1.165) is 18.4 Å². The second-order valence-corrected chi connectivity index (χ2v) is 11.7. The van der Waals surface area contributed by atoms with Crippen molar-refractivity contribution in [2.45, 2.75) is 70.2 Å². The highest BCUT2D eigenvalue weighted by Gasteiger charge is 2.40. The summed E-state index contributed by atoms with van der Waals surface area (Å²) in [6.07, 6.45) is 3.47. The summed E-state index contributed by atoms with van der Waals surface area (Å²) in [5, 5.41) is -0.336. The minimum Gasteiger partial charge on any atom is -0.475 e. The van der Waals surface area contributed by atoms with E-state index in [1.807, 2.05) is 19.9 Å². The Balaban J connectivity index is 1.74. The van der Waals surface area contributed by atoms with Gasteiger partial charge in [0.1, 0.15) is 11.6 Å². The molecule has 3 aromatic rings. The first-order chi connectivity index (χ1) is 17.4. The van der Waals surface area contributed by atoms with Gasteiger partial charge in [-0.3, -0.25) is 4.79 Å². The van der Waals surface area contributed by atoms with Crippen molar-refractivity contribution in [3.8, 4) is 17.1 Å². The normalized spacial score (nSPS) is 17.1. The van der Waals surface area contributed by atoms with E-state index in [1.54, 1.807) is 24.4 Å². The van der Waals surface area contributed by atoms with E-state index in [1.165, 1.54) is 18.2 Å². The van der Waals surface area contributed by atoms with Gasteiger partial charge in [0.2, 0.25) is 5.88 Å². The number of carbonyl (C=O) groups excluding carboxylic acids is 1. The van der Waals surface area contributed by atoms with Crippen molar-refractivity contribution < 1.29 is 17.9 Å². The van der Waals surface area contributed by atoms with Gasteiger partial charge in [0, 0.05) is 29.4 Å². The number of nitrogens with one attached hydrogen (secondary N) is 1. The average molecular weight is 525 g/mol. The number of nitrogen functional groups attached to an aromatic ring is 1. The number of hydrogen-bond acceptors (Lipinski definition) is 9.